The maximum atomic E-state index is 14.0. The van der Waals surface area contributed by atoms with E-state index in [2.05, 4.69) is 4.98 Å². The molecule has 0 aliphatic rings. The van der Waals surface area contributed by atoms with Crippen molar-refractivity contribution in [3.8, 4) is 0 Å². The van der Waals surface area contributed by atoms with Gasteiger partial charge in [-0.2, -0.15) is 22.0 Å². The second kappa shape index (κ2) is 5.48. The van der Waals surface area contributed by atoms with E-state index in [4.69, 9.17) is 11.6 Å². The summed E-state index contributed by atoms with van der Waals surface area (Å²) in [6, 6.07) is 7.64. The van der Waals surface area contributed by atoms with E-state index in [9.17, 15) is 27.1 Å². The summed E-state index contributed by atoms with van der Waals surface area (Å²) in [7, 11) is 0. The molecule has 0 radical (unpaired) electrons. The second-order valence-corrected chi connectivity index (χ2v) is 4.94. The molecule has 0 bridgehead atoms. The number of aliphatic hydroxyl groups is 1. The molecular formula is C14H9ClF5NO. The standard InChI is InChI=1S/C14H9ClF5NO/c15-10-5-3-4-9(8-10)12(22,11-6-1-2-7-21-11)13(16,17)14(18,19)20/h1-8,22H. The maximum absolute atomic E-state index is 14.0. The molecule has 1 N–H and O–H groups in total. The number of benzene rings is 1. The Morgan fingerprint density at radius 2 is 1.64 bits per heavy atom. The van der Waals surface area contributed by atoms with Gasteiger partial charge in [0.25, 0.3) is 0 Å². The summed E-state index contributed by atoms with van der Waals surface area (Å²) in [6.45, 7) is 0. The van der Waals surface area contributed by atoms with E-state index < -0.39 is 29.0 Å². The average molecular weight is 338 g/mol. The third-order valence-electron chi connectivity index (χ3n) is 3.09. The van der Waals surface area contributed by atoms with Crippen molar-refractivity contribution in [1.29, 1.82) is 0 Å². The van der Waals surface area contributed by atoms with Crippen molar-refractivity contribution >= 4 is 11.6 Å². The summed E-state index contributed by atoms with van der Waals surface area (Å²) in [5.41, 5.74) is -5.24. The molecule has 0 spiro atoms. The van der Waals surface area contributed by atoms with Gasteiger partial charge in [0.2, 0.25) is 5.60 Å². The molecule has 2 nitrogen and oxygen atoms in total. The molecular weight excluding hydrogens is 329 g/mol. The molecule has 0 aliphatic heterocycles. The lowest BCUT2D eigenvalue weighted by molar-refractivity contribution is -0.337. The highest BCUT2D eigenvalue weighted by molar-refractivity contribution is 6.30. The Bertz CT molecular complexity index is 662. The number of rotatable bonds is 3. The number of hydrogen-bond acceptors (Lipinski definition) is 2. The van der Waals surface area contributed by atoms with E-state index in [1.807, 2.05) is 0 Å². The number of hydrogen-bond donors (Lipinski definition) is 1. The van der Waals surface area contributed by atoms with E-state index in [0.717, 1.165) is 30.5 Å². The van der Waals surface area contributed by atoms with Crippen LogP contribution in [0.4, 0.5) is 22.0 Å². The van der Waals surface area contributed by atoms with E-state index in [0.29, 0.717) is 0 Å². The molecule has 0 amide bonds. The molecule has 1 unspecified atom stereocenters. The third kappa shape index (κ3) is 2.55. The molecule has 0 fully saturated rings. The van der Waals surface area contributed by atoms with Gasteiger partial charge in [0.1, 0.15) is 0 Å². The Morgan fingerprint density at radius 1 is 0.955 bits per heavy atom. The molecule has 2 rings (SSSR count). The van der Waals surface area contributed by atoms with Crippen molar-refractivity contribution in [2.75, 3.05) is 0 Å². The van der Waals surface area contributed by atoms with Gasteiger partial charge < -0.3 is 5.11 Å². The summed E-state index contributed by atoms with van der Waals surface area (Å²) in [5, 5.41) is 10.3. The Morgan fingerprint density at radius 3 is 2.14 bits per heavy atom. The zero-order valence-corrected chi connectivity index (χ0v) is 11.5. The highest BCUT2D eigenvalue weighted by Gasteiger charge is 2.71. The lowest BCUT2D eigenvalue weighted by atomic mass is 9.83. The molecule has 22 heavy (non-hydrogen) atoms. The minimum absolute atomic E-state index is 0.0927. The number of nitrogens with zero attached hydrogens (tertiary/aromatic N) is 1. The van der Waals surface area contributed by atoms with Crippen LogP contribution in [0.25, 0.3) is 0 Å². The van der Waals surface area contributed by atoms with E-state index in [-0.39, 0.29) is 5.02 Å². The van der Waals surface area contributed by atoms with Gasteiger partial charge in [-0.05, 0) is 29.8 Å². The molecule has 0 saturated carbocycles. The fraction of sp³-hybridized carbons (Fsp3) is 0.214. The van der Waals surface area contributed by atoms with Crippen LogP contribution >= 0.6 is 11.6 Å². The smallest absolute Gasteiger partial charge is 0.373 e. The van der Waals surface area contributed by atoms with Crippen LogP contribution in [0.1, 0.15) is 11.3 Å². The molecule has 8 heteroatoms. The predicted molar refractivity (Wildman–Crippen MR) is 69.7 cm³/mol. The van der Waals surface area contributed by atoms with Gasteiger partial charge in [-0.15, -0.1) is 0 Å². The van der Waals surface area contributed by atoms with Crippen molar-refractivity contribution < 1.29 is 27.1 Å². The highest BCUT2D eigenvalue weighted by Crippen LogP contribution is 2.51. The first-order valence-corrected chi connectivity index (χ1v) is 6.33. The quantitative estimate of drug-likeness (QED) is 0.853. The van der Waals surface area contributed by atoms with Crippen molar-refractivity contribution in [1.82, 2.24) is 4.98 Å². The molecule has 1 aromatic heterocycles. The van der Waals surface area contributed by atoms with Gasteiger partial charge in [-0.3, -0.25) is 4.98 Å². The van der Waals surface area contributed by atoms with Gasteiger partial charge in [0, 0.05) is 11.2 Å². The molecule has 1 atom stereocenters. The minimum Gasteiger partial charge on any atom is -0.373 e. The van der Waals surface area contributed by atoms with Crippen molar-refractivity contribution in [3.05, 3.63) is 64.9 Å². The van der Waals surface area contributed by atoms with E-state index >= 15 is 0 Å². The van der Waals surface area contributed by atoms with Crippen molar-refractivity contribution in [3.63, 3.8) is 0 Å². The topological polar surface area (TPSA) is 33.1 Å². The lowest BCUT2D eigenvalue weighted by Crippen LogP contribution is -2.56. The largest absolute Gasteiger partial charge is 0.457 e. The van der Waals surface area contributed by atoms with Crippen LogP contribution in [-0.4, -0.2) is 22.2 Å². The van der Waals surface area contributed by atoms with Crippen LogP contribution in [0.15, 0.2) is 48.7 Å². The van der Waals surface area contributed by atoms with Crippen molar-refractivity contribution in [2.45, 2.75) is 17.7 Å². The molecule has 0 saturated heterocycles. The summed E-state index contributed by atoms with van der Waals surface area (Å²) < 4.78 is 66.5. The van der Waals surface area contributed by atoms with Gasteiger partial charge in [0.15, 0.2) is 0 Å². The van der Waals surface area contributed by atoms with Crippen LogP contribution in [-0.2, 0) is 5.60 Å². The van der Waals surface area contributed by atoms with Crippen LogP contribution < -0.4 is 0 Å². The first-order valence-electron chi connectivity index (χ1n) is 5.95. The first-order chi connectivity index (χ1) is 10.1. The fourth-order valence-corrected chi connectivity index (χ4v) is 2.18. The maximum Gasteiger partial charge on any atom is 0.457 e. The summed E-state index contributed by atoms with van der Waals surface area (Å²) in [6.07, 6.45) is -4.97. The highest BCUT2D eigenvalue weighted by atomic mass is 35.5. The SMILES string of the molecule is OC(c1cccc(Cl)c1)(c1ccccn1)C(F)(F)C(F)(F)F. The molecule has 2 aromatic rings. The van der Waals surface area contributed by atoms with Gasteiger partial charge in [0.05, 0.1) is 5.69 Å². The predicted octanol–water partition coefficient (Wildman–Crippen LogP) is 4.17. The summed E-state index contributed by atoms with van der Waals surface area (Å²) >= 11 is 5.65. The zero-order chi connectivity index (χ0) is 16.6. The molecule has 118 valence electrons. The number of pyridine rings is 1. The molecule has 0 aliphatic carbocycles. The summed E-state index contributed by atoms with van der Waals surface area (Å²) in [4.78, 5) is 3.46. The molecule has 1 aromatic carbocycles. The average Bonchev–Trinajstić information content (AvgIpc) is 2.46. The minimum atomic E-state index is -5.98. The Kier molecular flexibility index (Phi) is 4.14. The van der Waals surface area contributed by atoms with Crippen LogP contribution in [0.5, 0.6) is 0 Å². The van der Waals surface area contributed by atoms with Gasteiger partial charge in [-0.25, -0.2) is 0 Å². The van der Waals surface area contributed by atoms with E-state index in [1.165, 1.54) is 18.2 Å². The number of aromatic nitrogens is 1. The Balaban J connectivity index is 2.76. The Labute approximate surface area is 127 Å². The fourth-order valence-electron chi connectivity index (χ4n) is 1.99. The van der Waals surface area contributed by atoms with Gasteiger partial charge in [-0.1, -0.05) is 29.8 Å². The number of alkyl halides is 5. The monoisotopic (exact) mass is 337 g/mol. The van der Waals surface area contributed by atoms with Crippen LogP contribution in [0, 0.1) is 0 Å². The normalized spacial score (nSPS) is 15.4. The van der Waals surface area contributed by atoms with Gasteiger partial charge >= 0.3 is 12.1 Å². The zero-order valence-electron chi connectivity index (χ0n) is 10.8. The third-order valence-corrected chi connectivity index (χ3v) is 3.32. The van der Waals surface area contributed by atoms with Crippen LogP contribution in [0.3, 0.4) is 0 Å². The lowest BCUT2D eigenvalue weighted by Gasteiger charge is -2.36. The summed E-state index contributed by atoms with van der Waals surface area (Å²) in [5.74, 6) is -5.47. The molecule has 1 heterocycles. The Hall–Kier alpha value is -1.73. The van der Waals surface area contributed by atoms with Crippen molar-refractivity contribution in [2.24, 2.45) is 0 Å². The first kappa shape index (κ1) is 16.6. The number of halogens is 6. The van der Waals surface area contributed by atoms with E-state index in [1.54, 1.807) is 0 Å². The second-order valence-electron chi connectivity index (χ2n) is 4.51. The van der Waals surface area contributed by atoms with Crippen LogP contribution in [0.2, 0.25) is 5.02 Å².